The first-order chi connectivity index (χ1) is 44.0. The Morgan fingerprint density at radius 2 is 0.462 bits per heavy atom. The molecule has 15 N–H and O–H groups in total. The SMILES string of the molecule is CCCC(=O)NC(CCC(=O)NC(CCC(=O)NC(CCC(=O)NC(CCC(=O)NC(CCC(=O)NC(CCC(=O)NC(CCC(=O)NC(CCC(N)=O)C(=O)OCCOCC)C(=O)O)C(=O)O)C(=O)OCCOCC)C(=O)O)C(=O)O)C(=O)OCCOCC)C(=O)O. The van der Waals surface area contributed by atoms with Gasteiger partial charge in [0.05, 0.1) is 19.8 Å². The van der Waals surface area contributed by atoms with Gasteiger partial charge < -0.3 is 102 Å². The van der Waals surface area contributed by atoms with Crippen molar-refractivity contribution >= 4 is 101 Å². The van der Waals surface area contributed by atoms with Gasteiger partial charge in [0.2, 0.25) is 53.2 Å². The lowest BCUT2D eigenvalue weighted by Gasteiger charge is -2.20. The van der Waals surface area contributed by atoms with Crippen LogP contribution < -0.4 is 48.3 Å². The van der Waals surface area contributed by atoms with Crippen LogP contribution in [0, 0.1) is 0 Å². The van der Waals surface area contributed by atoms with Crippen molar-refractivity contribution in [3.8, 4) is 0 Å². The summed E-state index contributed by atoms with van der Waals surface area (Å²) in [6.45, 7) is 6.74. The number of aliphatic carboxylic acids is 5. The van der Waals surface area contributed by atoms with Gasteiger partial charge in [0.25, 0.3) is 0 Å². The lowest BCUT2D eigenvalue weighted by atomic mass is 10.1. The van der Waals surface area contributed by atoms with Gasteiger partial charge in [0.1, 0.15) is 68.2 Å². The van der Waals surface area contributed by atoms with Gasteiger partial charge >= 0.3 is 47.8 Å². The van der Waals surface area contributed by atoms with Crippen molar-refractivity contribution in [2.75, 3.05) is 59.5 Å². The number of nitrogens with two attached hydrogens (primary N) is 1. The molecule has 0 spiro atoms. The summed E-state index contributed by atoms with van der Waals surface area (Å²) < 4.78 is 30.6. The van der Waals surface area contributed by atoms with Crippen LogP contribution in [0.15, 0.2) is 0 Å². The van der Waals surface area contributed by atoms with Crippen molar-refractivity contribution in [3.05, 3.63) is 0 Å². The van der Waals surface area contributed by atoms with E-state index in [0.29, 0.717) is 13.0 Å². The number of rotatable bonds is 54. The topological polar surface area (TPSA) is 569 Å². The van der Waals surface area contributed by atoms with Crippen molar-refractivity contribution in [1.29, 1.82) is 0 Å². The minimum absolute atomic E-state index is 0.0274. The van der Waals surface area contributed by atoms with E-state index in [4.69, 9.17) is 34.2 Å². The van der Waals surface area contributed by atoms with E-state index >= 15 is 0 Å². The highest BCUT2D eigenvalue weighted by molar-refractivity contribution is 5.91. The zero-order valence-electron chi connectivity index (χ0n) is 52.4. The normalized spacial score (nSPS) is 13.4. The third-order valence-electron chi connectivity index (χ3n) is 12.8. The van der Waals surface area contributed by atoms with Crippen LogP contribution in [0.5, 0.6) is 0 Å². The fourth-order valence-electron chi connectivity index (χ4n) is 7.95. The van der Waals surface area contributed by atoms with Crippen molar-refractivity contribution in [3.63, 3.8) is 0 Å². The van der Waals surface area contributed by atoms with Crippen LogP contribution in [0.2, 0.25) is 0 Å². The Balaban J connectivity index is 5.74. The summed E-state index contributed by atoms with van der Waals surface area (Å²) >= 11 is 0. The van der Waals surface area contributed by atoms with Crippen LogP contribution in [0.25, 0.3) is 0 Å². The van der Waals surface area contributed by atoms with E-state index in [1.54, 1.807) is 27.7 Å². The van der Waals surface area contributed by atoms with E-state index in [1.807, 2.05) is 0 Å². The number of carbonyl (C=O) groups excluding carboxylic acids is 12. The van der Waals surface area contributed by atoms with Gasteiger partial charge in [-0.2, -0.15) is 0 Å². The zero-order valence-corrected chi connectivity index (χ0v) is 52.4. The van der Waals surface area contributed by atoms with Crippen LogP contribution in [-0.4, -0.2) is 234 Å². The van der Waals surface area contributed by atoms with Crippen LogP contribution in [0.3, 0.4) is 0 Å². The highest BCUT2D eigenvalue weighted by Gasteiger charge is 2.32. The van der Waals surface area contributed by atoms with Crippen LogP contribution in [0.4, 0.5) is 0 Å². The average molecular weight is 1340 g/mol. The average Bonchev–Trinajstić information content (AvgIpc) is 2.46. The fraction of sp³-hybridized carbons (Fsp3) is 0.696. The maximum absolute atomic E-state index is 13.2. The zero-order chi connectivity index (χ0) is 70.4. The Morgan fingerprint density at radius 3 is 0.645 bits per heavy atom. The number of hydrogen-bond acceptors (Lipinski definition) is 23. The second-order valence-corrected chi connectivity index (χ2v) is 20.3. The molecule has 8 atom stereocenters. The summed E-state index contributed by atoms with van der Waals surface area (Å²) in [5.41, 5.74) is 5.17. The molecule has 0 aliphatic rings. The highest BCUT2D eigenvalue weighted by atomic mass is 16.6. The molecule has 0 aromatic carbocycles. The molecule has 0 aromatic heterocycles. The van der Waals surface area contributed by atoms with E-state index in [1.165, 1.54) is 0 Å². The summed E-state index contributed by atoms with van der Waals surface area (Å²) in [5.74, 6) is -19.1. The van der Waals surface area contributed by atoms with Gasteiger partial charge in [-0.3, -0.25) is 43.2 Å². The van der Waals surface area contributed by atoms with Gasteiger partial charge in [-0.15, -0.1) is 0 Å². The Kier molecular flexibility index (Phi) is 43.9. The van der Waals surface area contributed by atoms with Crippen molar-refractivity contribution in [2.45, 2.75) is 192 Å². The molecule has 93 heavy (non-hydrogen) atoms. The number of amides is 9. The third-order valence-corrected chi connectivity index (χ3v) is 12.8. The summed E-state index contributed by atoms with van der Waals surface area (Å²) in [5, 5.41) is 66.6. The number of carbonyl (C=O) groups is 17. The summed E-state index contributed by atoms with van der Waals surface area (Å²) in [6.07, 6.45) is -8.32. The second-order valence-electron chi connectivity index (χ2n) is 20.3. The predicted molar refractivity (Wildman–Crippen MR) is 314 cm³/mol. The first kappa shape index (κ1) is 83.9. The molecular weight excluding hydrogens is 1250 g/mol. The summed E-state index contributed by atoms with van der Waals surface area (Å²) in [7, 11) is 0. The van der Waals surface area contributed by atoms with E-state index < -0.39 is 233 Å². The molecule has 0 bridgehead atoms. The van der Waals surface area contributed by atoms with Crippen molar-refractivity contribution < 1.29 is 135 Å². The number of primary amides is 1. The van der Waals surface area contributed by atoms with Gasteiger partial charge in [0, 0.05) is 77.6 Å². The lowest BCUT2D eigenvalue weighted by Crippen LogP contribution is -2.46. The first-order valence-electron chi connectivity index (χ1n) is 30.0. The standard InChI is InChI=1S/C56H89N9O28/c1-5-9-41(67)58-32(49(75)76)13-21-47(73)64-38(55(86)92-30-27-89-7-3)16-24-44(70)61-34(51(79)80)12-20-43(69)60-36(53(83)84)15-23-48(74)65-39(56(87)93-31-28-90-8-4)17-25-45(71)62-33(50(77)78)11-19-42(68)59-35(52(81)82)14-22-46(72)63-37(10-18-40(57)66)54(85)91-29-26-88-6-2/h32-39H,5-31H2,1-4H3,(H2,57,66)(H,58,67)(H,59,68)(H,60,69)(H,61,70)(H,62,71)(H,63,72)(H,64,73)(H,65,74)(H,75,76)(H,77,78)(H,79,80)(H,81,82)(H,83,84). The molecule has 37 nitrogen and oxygen atoms in total. The summed E-state index contributed by atoms with van der Waals surface area (Å²) in [4.78, 5) is 213. The lowest BCUT2D eigenvalue weighted by molar-refractivity contribution is -0.150. The third kappa shape index (κ3) is 40.4. The van der Waals surface area contributed by atoms with Crippen LogP contribution >= 0.6 is 0 Å². The Hall–Kier alpha value is -9.13. The van der Waals surface area contributed by atoms with E-state index in [2.05, 4.69) is 42.5 Å². The van der Waals surface area contributed by atoms with Gasteiger partial charge in [-0.1, -0.05) is 6.92 Å². The van der Waals surface area contributed by atoms with Gasteiger partial charge in [-0.25, -0.2) is 38.4 Å². The molecule has 0 rings (SSSR count). The molecule has 0 saturated heterocycles. The van der Waals surface area contributed by atoms with Crippen LogP contribution in [-0.2, 0) is 110 Å². The maximum Gasteiger partial charge on any atom is 0.328 e. The molecule has 0 aliphatic carbocycles. The molecule has 526 valence electrons. The minimum atomic E-state index is -1.80. The maximum atomic E-state index is 13.2. The predicted octanol–water partition coefficient (Wildman–Crippen LogP) is -3.45. The van der Waals surface area contributed by atoms with Gasteiger partial charge in [-0.05, 0) is 78.6 Å². The number of ether oxygens (including phenoxy) is 6. The second kappa shape index (κ2) is 48.6. The molecule has 0 fully saturated rings. The molecule has 0 aliphatic heterocycles. The molecule has 37 heteroatoms. The van der Waals surface area contributed by atoms with Gasteiger partial charge in [0.15, 0.2) is 0 Å². The molecule has 9 amide bonds. The first-order valence-corrected chi connectivity index (χ1v) is 30.0. The fourth-order valence-corrected chi connectivity index (χ4v) is 7.95. The largest absolute Gasteiger partial charge is 0.480 e. The molecule has 0 heterocycles. The van der Waals surface area contributed by atoms with E-state index in [9.17, 15) is 107 Å². The van der Waals surface area contributed by atoms with Crippen molar-refractivity contribution in [2.24, 2.45) is 5.73 Å². The summed E-state index contributed by atoms with van der Waals surface area (Å²) in [6, 6.07) is -13.0. The Bertz CT molecular complexity index is 2520. The van der Waals surface area contributed by atoms with Crippen molar-refractivity contribution in [1.82, 2.24) is 42.5 Å². The number of hydrogen-bond donors (Lipinski definition) is 14. The minimum Gasteiger partial charge on any atom is -0.480 e. The molecule has 8 unspecified atom stereocenters. The Labute approximate surface area is 534 Å². The number of carboxylic acids is 5. The highest BCUT2D eigenvalue weighted by Crippen LogP contribution is 2.11. The number of nitrogens with one attached hydrogen (secondary N) is 8. The van der Waals surface area contributed by atoms with E-state index in [0.717, 1.165) is 0 Å². The molecule has 0 radical (unpaired) electrons. The number of esters is 3. The van der Waals surface area contributed by atoms with Crippen LogP contribution in [0.1, 0.15) is 143 Å². The molecule has 0 aromatic rings. The monoisotopic (exact) mass is 1340 g/mol. The molecular formula is C56H89N9O28. The number of carboxylic acid groups (broad SMARTS) is 5. The van der Waals surface area contributed by atoms with E-state index in [-0.39, 0.29) is 78.5 Å². The Morgan fingerprint density at radius 1 is 0.280 bits per heavy atom. The quantitative estimate of drug-likeness (QED) is 0.0160. The molecule has 0 saturated carbocycles. The smallest absolute Gasteiger partial charge is 0.328 e.